The zero-order valence-corrected chi connectivity index (χ0v) is 69.1. The molecule has 11 rings (SSSR count). The van der Waals surface area contributed by atoms with Crippen molar-refractivity contribution in [3.63, 3.8) is 0 Å². The normalized spacial score (nSPS) is 12.1. The van der Waals surface area contributed by atoms with E-state index in [0.717, 1.165) is 89.8 Å². The Morgan fingerprint density at radius 1 is 0.356 bits per heavy atom. The molecule has 0 aromatic heterocycles. The first kappa shape index (κ1) is 95.3. The van der Waals surface area contributed by atoms with E-state index in [1.807, 2.05) is 212 Å². The largest absolute Gasteiger partial charge is 4.00 e. The molecule has 0 atom stereocenters. The van der Waals surface area contributed by atoms with E-state index < -0.39 is 0 Å². The summed E-state index contributed by atoms with van der Waals surface area (Å²) in [5, 5.41) is 8.94. The van der Waals surface area contributed by atoms with Crippen LogP contribution < -0.4 is 5.32 Å². The molecule has 4 nitrogen and oxygen atoms in total. The van der Waals surface area contributed by atoms with Gasteiger partial charge in [-0.15, -0.1) is 96.3 Å². The van der Waals surface area contributed by atoms with Crippen molar-refractivity contribution in [3.05, 3.63) is 387 Å². The van der Waals surface area contributed by atoms with Crippen LogP contribution in [0.25, 0.3) is 5.32 Å². The summed E-state index contributed by atoms with van der Waals surface area (Å²) in [7, 11) is 0. The Labute approximate surface area is 656 Å². The minimum absolute atomic E-state index is 0. The van der Waals surface area contributed by atoms with E-state index in [9.17, 15) is 0 Å². The van der Waals surface area contributed by atoms with Crippen LogP contribution >= 0.6 is 0 Å². The first-order chi connectivity index (χ1) is 46.8. The Morgan fingerprint density at radius 2 is 0.614 bits per heavy atom. The van der Waals surface area contributed by atoms with E-state index in [4.69, 9.17) is 15.3 Å². The predicted molar refractivity (Wildman–Crippen MR) is 444 cm³/mol. The van der Waals surface area contributed by atoms with Gasteiger partial charge in [-0.2, -0.15) is 172 Å². The molecule has 2 aliphatic rings. The molecule has 0 unspecified atom stereocenters. The van der Waals surface area contributed by atoms with Crippen molar-refractivity contribution in [2.45, 2.75) is 172 Å². The number of allylic oxidation sites excluding steroid dienone is 4. The molecule has 0 bridgehead atoms. The molecule has 0 saturated carbocycles. The summed E-state index contributed by atoms with van der Waals surface area (Å²) in [6.45, 7) is 50.5. The topological polar surface area (TPSA) is 50.9 Å². The van der Waals surface area contributed by atoms with Crippen LogP contribution in [-0.2, 0) is 51.7 Å². The molecule has 2 aliphatic carbocycles. The fourth-order valence-electron chi connectivity index (χ4n) is 9.76. The van der Waals surface area contributed by atoms with Gasteiger partial charge < -0.3 is 10.6 Å². The zero-order valence-electron chi connectivity index (χ0n) is 61.9. The summed E-state index contributed by atoms with van der Waals surface area (Å²) < 4.78 is 0. The van der Waals surface area contributed by atoms with Gasteiger partial charge in [0.15, 0.2) is 0 Å². The maximum atomic E-state index is 5.15. The fourth-order valence-corrected chi connectivity index (χ4v) is 9.76. The van der Waals surface area contributed by atoms with Gasteiger partial charge in [0.2, 0.25) is 0 Å². The molecule has 0 fully saturated rings. The van der Waals surface area contributed by atoms with Crippen LogP contribution in [-0.4, -0.2) is 24.5 Å². The van der Waals surface area contributed by atoms with E-state index in [1.165, 1.54) is 82.9 Å². The number of rotatable bonds is 14. The summed E-state index contributed by atoms with van der Waals surface area (Å²) in [6, 6.07) is 82.5. The predicted octanol–water partition coefficient (Wildman–Crippen LogP) is 28.3. The molecule has 101 heavy (non-hydrogen) atoms. The van der Waals surface area contributed by atoms with E-state index in [0.29, 0.717) is 23.7 Å². The fraction of sp³-hybridized carbons (Fsp3) is 0.295. The summed E-state index contributed by atoms with van der Waals surface area (Å²) in [6.07, 6.45) is 16.2. The van der Waals surface area contributed by atoms with Gasteiger partial charge in [-0.25, -0.2) is 0 Å². The number of hydrogen-bond acceptors (Lipinski definition) is 3. The minimum Gasteiger partial charge on any atom is -0.656 e. The second kappa shape index (κ2) is 58.8. The van der Waals surface area contributed by atoms with Crippen LogP contribution in [0.5, 0.6) is 0 Å². The van der Waals surface area contributed by atoms with Gasteiger partial charge in [-0.05, 0) is 86.2 Å². The van der Waals surface area contributed by atoms with Crippen LogP contribution in [0.2, 0.25) is 0 Å². The van der Waals surface area contributed by atoms with Crippen LogP contribution in [0.1, 0.15) is 233 Å². The van der Waals surface area contributed by atoms with Crippen LogP contribution in [0, 0.1) is 48.5 Å². The van der Waals surface area contributed by atoms with Gasteiger partial charge in [-0.1, -0.05) is 199 Å². The molecule has 0 heterocycles. The molecule has 6 heteroatoms. The summed E-state index contributed by atoms with van der Waals surface area (Å²) in [4.78, 5) is 9.74. The van der Waals surface area contributed by atoms with Gasteiger partial charge in [0.25, 0.3) is 0 Å². The molecule has 536 valence electrons. The van der Waals surface area contributed by atoms with Crippen molar-refractivity contribution in [1.82, 2.24) is 0 Å². The van der Waals surface area contributed by atoms with E-state index in [1.54, 1.807) is 0 Å². The zero-order chi connectivity index (χ0) is 70.8. The molecular weight excluding hydrogens is 1550 g/mol. The Bertz CT molecular complexity index is 3010. The first-order valence-corrected chi connectivity index (χ1v) is 35.2. The van der Waals surface area contributed by atoms with Crippen molar-refractivity contribution >= 4 is 22.8 Å². The third-order valence-electron chi connectivity index (χ3n) is 15.3. The van der Waals surface area contributed by atoms with Crippen molar-refractivity contribution in [1.29, 1.82) is 0 Å². The van der Waals surface area contributed by atoms with Gasteiger partial charge in [0.05, 0.1) is 11.4 Å². The van der Waals surface area contributed by atoms with E-state index in [-0.39, 0.29) is 66.5 Å². The standard InChI is InChI=1S/C22H34N2.C22H33N2.7C7H7.2CH4.2Hf/c2*1-6-7-15-23-20-13-8-9-14-21(20)24-22-18(16(2)3)11-10-12-19(22)17(4)5;7*1-7-5-3-2-4-6-7;;;;/h10-12,14,16-17,24H,6-9,13,15H2,1-5H3;10-12,14,16-17H,6-9,13,15H2,1-5H3;7*2-6H,1H2;2*1H4;;/q;8*-1;;;;+4. The van der Waals surface area contributed by atoms with Gasteiger partial charge in [0, 0.05) is 50.3 Å². The Hall–Kier alpha value is -7.77. The summed E-state index contributed by atoms with van der Waals surface area (Å²) >= 11 is 0. The maximum absolute atomic E-state index is 5.15. The SMILES string of the molecule is C.C.CCCCN=C1CCCC=C1Nc1c(C(C)C)cccc1C(C)C.CCCCN=C1CCCC=C1[N-]c1c(C(C)C)cccc1C(C)C.[CH2-]c1ccccc1.[CH2-]c1ccccc1.[CH2-]c1ccccc1.[CH2-]c1ccccc1.[CH2-]c1ccccc1.[CH2-]c1ccccc1.[CH2-]c1ccccc1.[Hf+4].[Hf]. The molecule has 1 N–H and O–H groups in total. The third-order valence-corrected chi connectivity index (χ3v) is 15.3. The maximum Gasteiger partial charge on any atom is 4.00 e. The number of nitrogens with one attached hydrogen (secondary N) is 1. The number of nitrogens with zero attached hydrogens (tertiary/aromatic N) is 3. The first-order valence-electron chi connectivity index (χ1n) is 35.2. The number of anilines is 1. The number of aliphatic imine (C=N–C) groups is 2. The molecule has 9 aromatic carbocycles. The summed E-state index contributed by atoms with van der Waals surface area (Å²) in [5.74, 6) is 1.98. The molecule has 9 aromatic rings. The number of benzene rings is 9. The summed E-state index contributed by atoms with van der Waals surface area (Å²) in [5.41, 5.74) is 20.3. The van der Waals surface area contributed by atoms with Gasteiger partial charge in [0.1, 0.15) is 0 Å². The van der Waals surface area contributed by atoms with Crippen LogP contribution in [0.3, 0.4) is 0 Å². The Kier molecular flexibility index (Phi) is 55.5. The Balaban J connectivity index is 0. The van der Waals surface area contributed by atoms with Crippen LogP contribution in [0.15, 0.2) is 282 Å². The van der Waals surface area contributed by atoms with Crippen molar-refractivity contribution in [2.24, 2.45) is 9.98 Å². The molecule has 0 spiro atoms. The van der Waals surface area contributed by atoms with Gasteiger partial charge >= 0.3 is 25.8 Å². The molecule has 0 saturated heterocycles. The van der Waals surface area contributed by atoms with Crippen LogP contribution in [0.4, 0.5) is 11.4 Å². The quantitative estimate of drug-likeness (QED) is 0.0658. The second-order valence-corrected chi connectivity index (χ2v) is 25.2. The van der Waals surface area contributed by atoms with E-state index in [2.05, 4.69) is 172 Å². The minimum atomic E-state index is 0. The average Bonchev–Trinajstić information content (AvgIpc) is 0.818. The smallest absolute Gasteiger partial charge is 0.656 e. The van der Waals surface area contributed by atoms with Gasteiger partial charge in [-0.3, -0.25) is 9.98 Å². The van der Waals surface area contributed by atoms with Crippen molar-refractivity contribution in [2.75, 3.05) is 18.4 Å². The molecular formula is C95H124Hf2N4-4. The molecule has 0 radical (unpaired) electrons. The molecule has 0 amide bonds. The third kappa shape index (κ3) is 42.9. The average molecular weight is 1680 g/mol. The number of unbranched alkanes of at least 4 members (excludes halogenated alkanes) is 2. The Morgan fingerprint density at radius 3 is 0.871 bits per heavy atom. The van der Waals surface area contributed by atoms with Crippen molar-refractivity contribution < 1.29 is 51.7 Å². The second-order valence-electron chi connectivity index (χ2n) is 25.2. The number of para-hydroxylation sites is 2. The van der Waals surface area contributed by atoms with E-state index >= 15 is 0 Å². The molecule has 0 aliphatic heterocycles. The van der Waals surface area contributed by atoms with Crippen molar-refractivity contribution in [3.8, 4) is 0 Å². The monoisotopic (exact) mass is 1680 g/mol. The number of hydrogen-bond donors (Lipinski definition) is 1.